The molecule has 1 amide bonds. The molecule has 3 rings (SSSR count). The van der Waals surface area contributed by atoms with Gasteiger partial charge in [0.1, 0.15) is 5.70 Å². The van der Waals surface area contributed by atoms with E-state index in [4.69, 9.17) is 0 Å². The Hall–Kier alpha value is -2.20. The van der Waals surface area contributed by atoms with Crippen molar-refractivity contribution in [2.75, 3.05) is 0 Å². The van der Waals surface area contributed by atoms with Crippen LogP contribution >= 0.6 is 11.8 Å². The van der Waals surface area contributed by atoms with Gasteiger partial charge in [0.15, 0.2) is 5.82 Å². The molecule has 2 aliphatic rings. The molecule has 9 nitrogen and oxygen atoms in total. The third-order valence-electron chi connectivity index (χ3n) is 3.96. The first-order valence-electron chi connectivity index (χ1n) is 6.97. The fourth-order valence-electron chi connectivity index (χ4n) is 2.88. The molecule has 10 heteroatoms. The minimum atomic E-state index is -1.14. The van der Waals surface area contributed by atoms with E-state index in [1.165, 1.54) is 21.3 Å². The van der Waals surface area contributed by atoms with Crippen LogP contribution in [0.15, 0.2) is 16.0 Å². The van der Waals surface area contributed by atoms with Gasteiger partial charge >= 0.3 is 5.97 Å². The average molecular weight is 337 g/mol. The third kappa shape index (κ3) is 2.53. The highest BCUT2D eigenvalue weighted by Crippen LogP contribution is 2.47. The number of carbonyl (C=O) groups excluding carboxylic acids is 1. The molecule has 0 unspecified atom stereocenters. The standard InChI is InChI=1S/C13H15N5O4S/c1-6(19)10-8-5-9(11(13(21)22)18(8)12(10)20)23-4-3-17-7(2)14-15-16-17/h3-4,6,8,10,19H,5H2,1-2H3,(H,21,22)/t6-,8+,10-/m0/s1. The number of aryl methyl sites for hydroxylation is 1. The number of rotatable bonds is 5. The molecule has 2 N–H and O–H groups in total. The van der Waals surface area contributed by atoms with E-state index in [2.05, 4.69) is 15.5 Å². The van der Waals surface area contributed by atoms with Gasteiger partial charge in [-0.1, -0.05) is 11.8 Å². The molecule has 1 aromatic heterocycles. The van der Waals surface area contributed by atoms with Crippen molar-refractivity contribution in [2.45, 2.75) is 32.4 Å². The lowest BCUT2D eigenvalue weighted by molar-refractivity contribution is -0.161. The number of hydrogen-bond donors (Lipinski definition) is 2. The van der Waals surface area contributed by atoms with Crippen LogP contribution in [0, 0.1) is 12.8 Å². The maximum atomic E-state index is 12.1. The Labute approximate surface area is 135 Å². The van der Waals surface area contributed by atoms with Crippen molar-refractivity contribution in [1.29, 1.82) is 0 Å². The summed E-state index contributed by atoms with van der Waals surface area (Å²) in [5.41, 5.74) is -0.0000118. The Morgan fingerprint density at radius 3 is 2.83 bits per heavy atom. The lowest BCUT2D eigenvalue weighted by Gasteiger charge is -2.44. The monoisotopic (exact) mass is 337 g/mol. The first-order chi connectivity index (χ1) is 10.9. The van der Waals surface area contributed by atoms with Crippen molar-refractivity contribution in [3.05, 3.63) is 21.8 Å². The van der Waals surface area contributed by atoms with Gasteiger partial charge in [-0.2, -0.15) is 0 Å². The van der Waals surface area contributed by atoms with Crippen LogP contribution in [0.3, 0.4) is 0 Å². The Balaban J connectivity index is 1.79. The number of β-lactam (4-membered cyclic amide) rings is 1. The fraction of sp³-hybridized carbons (Fsp3) is 0.462. The summed E-state index contributed by atoms with van der Waals surface area (Å²) in [5.74, 6) is -1.40. The van der Waals surface area contributed by atoms with E-state index in [-0.39, 0.29) is 17.6 Å². The van der Waals surface area contributed by atoms with Crippen LogP contribution in [-0.2, 0) is 9.59 Å². The Morgan fingerprint density at radius 1 is 1.52 bits per heavy atom. The van der Waals surface area contributed by atoms with Crippen LogP contribution in [0.25, 0.3) is 6.20 Å². The van der Waals surface area contributed by atoms with Gasteiger partial charge in [-0.05, 0) is 29.7 Å². The maximum absolute atomic E-state index is 12.1. The first kappa shape index (κ1) is 15.7. The molecule has 23 heavy (non-hydrogen) atoms. The number of hydrogen-bond acceptors (Lipinski definition) is 7. The summed E-state index contributed by atoms with van der Waals surface area (Å²) >= 11 is 1.22. The lowest BCUT2D eigenvalue weighted by atomic mass is 9.83. The largest absolute Gasteiger partial charge is 0.477 e. The number of aliphatic hydroxyl groups excluding tert-OH is 1. The predicted octanol–water partition coefficient (Wildman–Crippen LogP) is 0.0506. The third-order valence-corrected chi connectivity index (χ3v) is 4.86. The number of carbonyl (C=O) groups is 2. The average Bonchev–Trinajstić information content (AvgIpc) is 3.01. The normalized spacial score (nSPS) is 25.0. The van der Waals surface area contributed by atoms with Crippen LogP contribution in [0.4, 0.5) is 0 Å². The van der Waals surface area contributed by atoms with E-state index in [9.17, 15) is 19.8 Å². The summed E-state index contributed by atoms with van der Waals surface area (Å²) in [4.78, 5) is 25.4. The van der Waals surface area contributed by atoms with E-state index in [0.29, 0.717) is 17.2 Å². The van der Waals surface area contributed by atoms with Gasteiger partial charge in [-0.25, -0.2) is 9.48 Å². The second kappa shape index (κ2) is 5.78. The molecule has 0 radical (unpaired) electrons. The molecule has 0 saturated carbocycles. The highest BCUT2D eigenvalue weighted by atomic mass is 32.2. The van der Waals surface area contributed by atoms with Gasteiger partial charge in [0, 0.05) is 17.5 Å². The Bertz CT molecular complexity index is 726. The number of fused-ring (bicyclic) bond motifs is 1. The van der Waals surface area contributed by atoms with Crippen molar-refractivity contribution in [3.63, 3.8) is 0 Å². The minimum Gasteiger partial charge on any atom is -0.477 e. The zero-order valence-corrected chi connectivity index (χ0v) is 13.3. The molecular formula is C13H15N5O4S. The van der Waals surface area contributed by atoms with E-state index in [0.717, 1.165) is 0 Å². The number of tetrazole rings is 1. The zero-order chi connectivity index (χ0) is 16.7. The number of aromatic nitrogens is 4. The van der Waals surface area contributed by atoms with E-state index >= 15 is 0 Å². The highest BCUT2D eigenvalue weighted by Gasteiger charge is 2.56. The maximum Gasteiger partial charge on any atom is 0.353 e. The quantitative estimate of drug-likeness (QED) is 0.723. The second-order valence-electron chi connectivity index (χ2n) is 5.40. The fourth-order valence-corrected chi connectivity index (χ4v) is 3.79. The number of amides is 1. The number of thioether (sulfide) groups is 1. The molecule has 1 saturated heterocycles. The predicted molar refractivity (Wildman–Crippen MR) is 80.6 cm³/mol. The van der Waals surface area contributed by atoms with E-state index < -0.39 is 18.0 Å². The van der Waals surface area contributed by atoms with Crippen LogP contribution in [0.1, 0.15) is 19.2 Å². The van der Waals surface area contributed by atoms with E-state index in [1.54, 1.807) is 25.5 Å². The van der Waals surface area contributed by atoms with Crippen molar-refractivity contribution in [2.24, 2.45) is 5.92 Å². The molecule has 1 aromatic rings. The van der Waals surface area contributed by atoms with Crippen molar-refractivity contribution >= 4 is 29.8 Å². The number of aliphatic carboxylic acids is 1. The van der Waals surface area contributed by atoms with Gasteiger partial charge in [0.05, 0.1) is 18.1 Å². The van der Waals surface area contributed by atoms with Crippen LogP contribution in [0.5, 0.6) is 0 Å². The first-order valence-corrected chi connectivity index (χ1v) is 7.85. The van der Waals surface area contributed by atoms with Crippen molar-refractivity contribution in [1.82, 2.24) is 25.1 Å². The Morgan fingerprint density at radius 2 is 2.26 bits per heavy atom. The molecule has 3 atom stereocenters. The molecule has 1 fully saturated rings. The topological polar surface area (TPSA) is 121 Å². The van der Waals surface area contributed by atoms with Gasteiger partial charge in [-0.3, -0.25) is 4.79 Å². The molecule has 3 heterocycles. The van der Waals surface area contributed by atoms with Crippen LogP contribution in [-0.4, -0.2) is 59.3 Å². The smallest absolute Gasteiger partial charge is 0.353 e. The lowest BCUT2D eigenvalue weighted by Crippen LogP contribution is -2.61. The van der Waals surface area contributed by atoms with Gasteiger partial charge in [0.2, 0.25) is 5.91 Å². The molecule has 0 aliphatic carbocycles. The van der Waals surface area contributed by atoms with Crippen LogP contribution in [0.2, 0.25) is 0 Å². The summed E-state index contributed by atoms with van der Waals surface area (Å²) in [6, 6.07) is -0.278. The van der Waals surface area contributed by atoms with Crippen molar-refractivity contribution in [3.8, 4) is 0 Å². The summed E-state index contributed by atoms with van der Waals surface area (Å²) < 4.78 is 1.46. The number of carboxylic acid groups (broad SMARTS) is 1. The second-order valence-corrected chi connectivity index (χ2v) is 6.40. The number of nitrogens with zero attached hydrogens (tertiary/aromatic N) is 5. The van der Waals surface area contributed by atoms with Crippen molar-refractivity contribution < 1.29 is 19.8 Å². The summed E-state index contributed by atoms with van der Waals surface area (Å²) in [5, 5.41) is 31.7. The highest BCUT2D eigenvalue weighted by molar-refractivity contribution is 8.06. The minimum absolute atomic E-state index is 0.0000118. The van der Waals surface area contributed by atoms with Gasteiger partial charge in [0.25, 0.3) is 0 Å². The van der Waals surface area contributed by atoms with Gasteiger partial charge < -0.3 is 15.1 Å². The number of carboxylic acids is 1. The summed E-state index contributed by atoms with van der Waals surface area (Å²) in [7, 11) is 0. The summed E-state index contributed by atoms with van der Waals surface area (Å²) in [6.07, 6.45) is 1.25. The Kier molecular flexibility index (Phi) is 3.94. The molecule has 2 aliphatic heterocycles. The van der Waals surface area contributed by atoms with Gasteiger partial charge in [-0.15, -0.1) is 5.10 Å². The molecule has 0 spiro atoms. The molecule has 0 aromatic carbocycles. The summed E-state index contributed by atoms with van der Waals surface area (Å²) in [6.45, 7) is 3.29. The molecule has 0 bridgehead atoms. The number of aliphatic hydroxyl groups is 1. The zero-order valence-electron chi connectivity index (χ0n) is 12.4. The molecule has 122 valence electrons. The SMILES string of the molecule is Cc1nnnn1C=CSC1=C(C(=O)O)N2C(=O)[C@@H]([C@H](C)O)[C@H]2C1. The molecular weight excluding hydrogens is 322 g/mol. The van der Waals surface area contributed by atoms with E-state index in [1.807, 2.05) is 0 Å². The van der Waals surface area contributed by atoms with Crippen LogP contribution < -0.4 is 0 Å².